The number of rotatable bonds is 8. The van der Waals surface area contributed by atoms with Gasteiger partial charge in [-0.25, -0.2) is 0 Å². The van der Waals surface area contributed by atoms with Crippen molar-refractivity contribution in [2.24, 2.45) is 5.92 Å². The van der Waals surface area contributed by atoms with Gasteiger partial charge in [-0.1, -0.05) is 29.2 Å². The number of thioether (sulfide) groups is 1. The molecule has 0 saturated carbocycles. The zero-order valence-electron chi connectivity index (χ0n) is 20.3. The minimum absolute atomic E-state index is 0.178. The lowest BCUT2D eigenvalue weighted by atomic mass is 9.83. The van der Waals surface area contributed by atoms with Crippen molar-refractivity contribution in [3.63, 3.8) is 0 Å². The Morgan fingerprint density at radius 3 is 2.61 bits per heavy atom. The monoisotopic (exact) mass is 563 g/mol. The van der Waals surface area contributed by atoms with E-state index in [4.69, 9.17) is 14.2 Å². The maximum absolute atomic E-state index is 13.3. The molecule has 3 amide bonds. The second-order valence-corrected chi connectivity index (χ2v) is 11.0. The van der Waals surface area contributed by atoms with E-state index in [-0.39, 0.29) is 17.4 Å². The van der Waals surface area contributed by atoms with E-state index in [1.165, 1.54) is 0 Å². The molecule has 0 radical (unpaired) electrons. The van der Waals surface area contributed by atoms with Gasteiger partial charge in [0.1, 0.15) is 11.8 Å². The predicted molar refractivity (Wildman–Crippen MR) is 135 cm³/mol. The minimum atomic E-state index is -1.29. The summed E-state index contributed by atoms with van der Waals surface area (Å²) in [4.78, 5) is 67.9. The van der Waals surface area contributed by atoms with E-state index in [1.807, 2.05) is 0 Å². The number of thiazole rings is 1. The molecule has 2 aromatic rings. The van der Waals surface area contributed by atoms with Crippen LogP contribution in [-0.4, -0.2) is 94.9 Å². The number of morpholine rings is 1. The highest BCUT2D eigenvalue weighted by Crippen LogP contribution is 2.53. The van der Waals surface area contributed by atoms with Gasteiger partial charge in [-0.3, -0.25) is 28.9 Å². The highest BCUT2D eigenvalue weighted by atomic mass is 32.2. The number of likely N-dealkylation sites (tertiary alicyclic amines) is 1. The van der Waals surface area contributed by atoms with Gasteiger partial charge in [0.2, 0.25) is 11.8 Å². The number of carbonyl (C=O) groups is 4. The Bertz CT molecular complexity index is 1330. The molecule has 2 N–H and O–H groups in total. The lowest BCUT2D eigenvalue weighted by Gasteiger charge is -2.30. The third kappa shape index (κ3) is 4.90. The third-order valence-electron chi connectivity index (χ3n) is 6.55. The van der Waals surface area contributed by atoms with E-state index in [2.05, 4.69) is 4.98 Å². The van der Waals surface area contributed by atoms with Crippen molar-refractivity contribution >= 4 is 46.8 Å². The molecule has 3 aliphatic rings. The largest absolute Gasteiger partial charge is 0.490 e. The molecule has 4 heterocycles. The summed E-state index contributed by atoms with van der Waals surface area (Å²) in [5.41, 5.74) is 0.602. The van der Waals surface area contributed by atoms with Crippen molar-refractivity contribution in [2.75, 3.05) is 46.1 Å². The van der Waals surface area contributed by atoms with Crippen LogP contribution in [0, 0.1) is 5.92 Å². The quantitative estimate of drug-likeness (QED) is 0.440. The number of H-pyrrole nitrogens is 1. The van der Waals surface area contributed by atoms with Crippen molar-refractivity contribution in [1.82, 2.24) is 14.8 Å². The number of benzene rings is 1. The lowest BCUT2D eigenvalue weighted by Crippen LogP contribution is -2.43. The van der Waals surface area contributed by atoms with E-state index in [0.29, 0.717) is 59.9 Å². The molecule has 38 heavy (non-hydrogen) atoms. The summed E-state index contributed by atoms with van der Waals surface area (Å²) in [6, 6.07) is 5.02. The van der Waals surface area contributed by atoms with Crippen molar-refractivity contribution < 1.29 is 38.5 Å². The van der Waals surface area contributed by atoms with Crippen LogP contribution < -0.4 is 14.3 Å². The molecule has 5 rings (SSSR count). The number of nitrogens with one attached hydrogen (secondary N) is 1. The van der Waals surface area contributed by atoms with E-state index < -0.39 is 41.4 Å². The van der Waals surface area contributed by atoms with Crippen LogP contribution in [0.3, 0.4) is 0 Å². The first-order valence-corrected chi connectivity index (χ1v) is 13.7. The highest BCUT2D eigenvalue weighted by Gasteiger charge is 2.56. The zero-order valence-corrected chi connectivity index (χ0v) is 22.0. The van der Waals surface area contributed by atoms with Gasteiger partial charge in [0.15, 0.2) is 18.1 Å². The molecule has 3 atom stereocenters. The predicted octanol–water partition coefficient (Wildman–Crippen LogP) is 0.749. The van der Waals surface area contributed by atoms with Crippen LogP contribution in [0.25, 0.3) is 0 Å². The molecule has 1 aromatic carbocycles. The summed E-state index contributed by atoms with van der Waals surface area (Å²) in [6.45, 7) is 3.12. The second kappa shape index (κ2) is 10.8. The Morgan fingerprint density at radius 1 is 1.13 bits per heavy atom. The Morgan fingerprint density at radius 2 is 1.89 bits per heavy atom. The summed E-state index contributed by atoms with van der Waals surface area (Å²) in [7, 11) is 0. The summed E-state index contributed by atoms with van der Waals surface area (Å²) in [6.07, 6.45) is 0. The molecule has 3 aliphatic heterocycles. The topological polar surface area (TPSA) is 156 Å². The van der Waals surface area contributed by atoms with E-state index in [9.17, 15) is 29.1 Å². The third-order valence-corrected chi connectivity index (χ3v) is 8.95. The smallest absolute Gasteiger partial charge is 0.323 e. The van der Waals surface area contributed by atoms with Crippen LogP contribution in [0.4, 0.5) is 0 Å². The van der Waals surface area contributed by atoms with Gasteiger partial charge in [-0.15, -0.1) is 0 Å². The van der Waals surface area contributed by atoms with Crippen molar-refractivity contribution in [3.05, 3.63) is 38.3 Å². The number of fused-ring (bicyclic) bond motifs is 2. The van der Waals surface area contributed by atoms with Gasteiger partial charge in [-0.05, 0) is 24.6 Å². The lowest BCUT2D eigenvalue weighted by molar-refractivity contribution is -0.149. The molecular formula is C24H25N3O9S2. The number of hydrogen-bond donors (Lipinski definition) is 2. The number of carboxylic acids is 1. The van der Waals surface area contributed by atoms with E-state index >= 15 is 0 Å². The van der Waals surface area contributed by atoms with Gasteiger partial charge in [0, 0.05) is 23.9 Å². The fraction of sp³-hybridized carbons (Fsp3) is 0.458. The molecule has 2 fully saturated rings. The van der Waals surface area contributed by atoms with E-state index in [1.54, 1.807) is 30.0 Å². The molecule has 1 aromatic heterocycles. The normalized spacial score (nSPS) is 22.7. The zero-order chi connectivity index (χ0) is 27.0. The molecule has 12 nitrogen and oxygen atoms in total. The maximum Gasteiger partial charge on any atom is 0.323 e. The second-order valence-electron chi connectivity index (χ2n) is 8.83. The number of hydrogen-bond acceptors (Lipinski definition) is 10. The van der Waals surface area contributed by atoms with Crippen LogP contribution in [0.5, 0.6) is 11.5 Å². The van der Waals surface area contributed by atoms with Gasteiger partial charge >= 0.3 is 10.8 Å². The first-order valence-electron chi connectivity index (χ1n) is 12.0. The molecule has 2 saturated heterocycles. The first-order chi connectivity index (χ1) is 18.3. The first kappa shape index (κ1) is 26.3. The Kier molecular flexibility index (Phi) is 7.45. The number of aromatic amines is 1. The molecule has 0 spiro atoms. The summed E-state index contributed by atoms with van der Waals surface area (Å²) in [5, 5.41) is 8.84. The average Bonchev–Trinajstić information content (AvgIpc) is 3.38. The molecule has 202 valence electrons. The average molecular weight is 564 g/mol. The molecule has 0 aliphatic carbocycles. The number of ether oxygens (including phenoxy) is 3. The van der Waals surface area contributed by atoms with Gasteiger partial charge in [0.25, 0.3) is 5.91 Å². The van der Waals surface area contributed by atoms with Crippen molar-refractivity contribution in [3.8, 4) is 11.5 Å². The van der Waals surface area contributed by atoms with Crippen LogP contribution in [0.2, 0.25) is 0 Å². The number of amides is 3. The number of carboxylic acid groups (broad SMARTS) is 1. The Balaban J connectivity index is 1.47. The van der Waals surface area contributed by atoms with Crippen LogP contribution in [-0.2, 0) is 23.9 Å². The number of imide groups is 1. The fourth-order valence-electron chi connectivity index (χ4n) is 4.87. The molecular weight excluding hydrogens is 538 g/mol. The number of carbonyl (C=O) groups excluding carboxylic acids is 3. The van der Waals surface area contributed by atoms with Crippen molar-refractivity contribution in [2.45, 2.75) is 23.1 Å². The number of aromatic nitrogens is 1. The van der Waals surface area contributed by atoms with Crippen molar-refractivity contribution in [1.29, 1.82) is 0 Å². The minimum Gasteiger partial charge on any atom is -0.490 e. The Labute approximate surface area is 224 Å². The molecule has 14 heteroatoms. The summed E-state index contributed by atoms with van der Waals surface area (Å²) in [5.74, 6) is -3.55. The molecule has 2 unspecified atom stereocenters. The fourth-order valence-corrected chi connectivity index (χ4v) is 7.41. The molecule has 0 bridgehead atoms. The van der Waals surface area contributed by atoms with Gasteiger partial charge in [-0.2, -0.15) is 0 Å². The number of nitrogens with zero attached hydrogens (tertiary/aromatic N) is 2. The van der Waals surface area contributed by atoms with Crippen LogP contribution >= 0.6 is 23.1 Å². The summed E-state index contributed by atoms with van der Waals surface area (Å²) >= 11 is 2.03. The van der Waals surface area contributed by atoms with Crippen LogP contribution in [0.1, 0.15) is 23.3 Å². The van der Waals surface area contributed by atoms with Gasteiger partial charge in [0.05, 0.1) is 30.8 Å². The Hall–Kier alpha value is -3.36. The van der Waals surface area contributed by atoms with Crippen LogP contribution in [0.15, 0.2) is 28.0 Å². The SMILES string of the molecule is CCOc1cc([C@@H]2c3sc(=O)[nH]c3SC3C(=O)N(CC(=O)O)C(=O)C32)ccc1OCC(=O)N1CCOCC1. The highest BCUT2D eigenvalue weighted by molar-refractivity contribution is 8.00. The van der Waals surface area contributed by atoms with Gasteiger partial charge < -0.3 is 29.2 Å². The summed E-state index contributed by atoms with van der Waals surface area (Å²) < 4.78 is 16.9. The standard InChI is InChI=1S/C24H25N3O9S2/c1-2-35-14-9-12(3-4-13(14)36-11-15(28)26-5-7-34-8-6-26)17-18-20(37-21-19(17)38-24(33)25-21)23(32)27(22(18)31)10-16(29)30/h3-4,9,17-18,20H,2,5-8,10-11H2,1H3,(H,25,33)(H,29,30)/t17-,18?,20?/m0/s1. The number of aliphatic carboxylic acids is 1. The maximum atomic E-state index is 13.3. The van der Waals surface area contributed by atoms with E-state index in [0.717, 1.165) is 28.0 Å².